The Bertz CT molecular complexity index is 1090. The highest BCUT2D eigenvalue weighted by Crippen LogP contribution is 2.29. The van der Waals surface area contributed by atoms with Gasteiger partial charge in [0.15, 0.2) is 0 Å². The first-order valence-electron chi connectivity index (χ1n) is 13.3. The summed E-state index contributed by atoms with van der Waals surface area (Å²) in [5.41, 5.74) is 5.66. The first-order valence-corrected chi connectivity index (χ1v) is 13.3. The topological polar surface area (TPSA) is 37.3 Å². The lowest BCUT2D eigenvalue weighted by atomic mass is 9.82. The average molecular weight is 483 g/mol. The van der Waals surface area contributed by atoms with Crippen molar-refractivity contribution in [2.75, 3.05) is 0 Å². The Labute approximate surface area is 218 Å². The van der Waals surface area contributed by atoms with Crippen LogP contribution in [-0.2, 0) is 4.79 Å². The van der Waals surface area contributed by atoms with Gasteiger partial charge in [-0.05, 0) is 67.5 Å². The molecule has 0 amide bonds. The van der Waals surface area contributed by atoms with Crippen LogP contribution in [-0.4, -0.2) is 10.9 Å². The molecule has 3 aromatic rings. The number of Topliss-reactive ketones (excluding diaryl/α,β-unsaturated/α-hetero) is 1. The summed E-state index contributed by atoms with van der Waals surface area (Å²) in [4.78, 5) is 11.7. The second kappa shape index (κ2) is 15.6. The highest BCUT2D eigenvalue weighted by atomic mass is 16.3. The van der Waals surface area contributed by atoms with Gasteiger partial charge in [0.2, 0.25) is 5.78 Å². The number of phenols is 1. The predicted octanol–water partition coefficient (Wildman–Crippen LogP) is 8.92. The molecule has 0 radical (unpaired) electrons. The number of phenolic OH excluding ortho intramolecular Hbond substituents is 1. The largest absolute Gasteiger partial charge is 0.508 e. The van der Waals surface area contributed by atoms with Crippen molar-refractivity contribution in [1.29, 1.82) is 0 Å². The second-order valence-corrected chi connectivity index (χ2v) is 9.79. The zero-order chi connectivity index (χ0) is 26.3. The van der Waals surface area contributed by atoms with Crippen molar-refractivity contribution in [2.24, 2.45) is 11.8 Å². The highest BCUT2D eigenvalue weighted by molar-refractivity contribution is 5.97. The van der Waals surface area contributed by atoms with E-state index in [-0.39, 0.29) is 11.7 Å². The van der Waals surface area contributed by atoms with Crippen LogP contribution in [0, 0.1) is 37.5 Å². The third-order valence-electron chi connectivity index (χ3n) is 6.58. The number of aromatic hydroxyl groups is 1. The Morgan fingerprint density at radius 1 is 0.917 bits per heavy atom. The van der Waals surface area contributed by atoms with E-state index in [0.29, 0.717) is 5.75 Å². The molecule has 1 atom stereocenters. The monoisotopic (exact) mass is 482 g/mol. The van der Waals surface area contributed by atoms with Crippen molar-refractivity contribution in [2.45, 2.75) is 73.1 Å². The lowest BCUT2D eigenvalue weighted by Gasteiger charge is -2.24. The number of carbonyl (C=O) groups excluding carboxylic acids is 1. The molecule has 2 nitrogen and oxygen atoms in total. The molecule has 1 unspecified atom stereocenters. The van der Waals surface area contributed by atoms with Crippen LogP contribution in [0.5, 0.6) is 5.75 Å². The molecule has 3 aromatic carbocycles. The Balaban J connectivity index is 0.000000246. The van der Waals surface area contributed by atoms with E-state index in [9.17, 15) is 4.79 Å². The second-order valence-electron chi connectivity index (χ2n) is 9.79. The first kappa shape index (κ1) is 28.9. The van der Waals surface area contributed by atoms with E-state index in [4.69, 9.17) is 5.11 Å². The van der Waals surface area contributed by atoms with Gasteiger partial charge in [-0.3, -0.25) is 4.79 Å². The smallest absolute Gasteiger partial charge is 0.208 e. The highest BCUT2D eigenvalue weighted by Gasteiger charge is 2.14. The van der Waals surface area contributed by atoms with Crippen LogP contribution in [0.1, 0.15) is 76.0 Å². The van der Waals surface area contributed by atoms with Gasteiger partial charge < -0.3 is 5.11 Å². The van der Waals surface area contributed by atoms with Gasteiger partial charge in [0, 0.05) is 11.5 Å². The zero-order valence-electron chi connectivity index (χ0n) is 22.7. The van der Waals surface area contributed by atoms with E-state index in [0.717, 1.165) is 23.5 Å². The molecule has 0 heterocycles. The summed E-state index contributed by atoms with van der Waals surface area (Å²) in [6.45, 7) is 10.3. The molecule has 0 aliphatic heterocycles. The fraction of sp³-hybridized carbons (Fsp3) is 0.382. The minimum absolute atomic E-state index is 0.0141. The van der Waals surface area contributed by atoms with Gasteiger partial charge >= 0.3 is 0 Å². The van der Waals surface area contributed by atoms with Crippen molar-refractivity contribution >= 4 is 5.78 Å². The van der Waals surface area contributed by atoms with Crippen LogP contribution in [0.25, 0.3) is 11.1 Å². The summed E-state index contributed by atoms with van der Waals surface area (Å²) >= 11 is 0. The molecule has 0 spiro atoms. The van der Waals surface area contributed by atoms with Crippen molar-refractivity contribution in [3.8, 4) is 28.7 Å². The Morgan fingerprint density at radius 3 is 2.06 bits per heavy atom. The van der Waals surface area contributed by atoms with Crippen LogP contribution in [0.15, 0.2) is 72.8 Å². The molecule has 190 valence electrons. The van der Waals surface area contributed by atoms with Crippen LogP contribution in [0.4, 0.5) is 0 Å². The van der Waals surface area contributed by atoms with Gasteiger partial charge in [-0.1, -0.05) is 118 Å². The number of carbonyl (C=O) groups is 1. The predicted molar refractivity (Wildman–Crippen MR) is 153 cm³/mol. The van der Waals surface area contributed by atoms with Gasteiger partial charge in [0.1, 0.15) is 5.75 Å². The van der Waals surface area contributed by atoms with E-state index in [1.54, 1.807) is 12.1 Å². The molecule has 1 fully saturated rings. The molecule has 2 heteroatoms. The third kappa shape index (κ3) is 10.5. The minimum Gasteiger partial charge on any atom is -0.508 e. The van der Waals surface area contributed by atoms with Gasteiger partial charge in [-0.15, -0.1) is 0 Å². The number of benzene rings is 3. The van der Waals surface area contributed by atoms with Crippen LogP contribution < -0.4 is 0 Å². The van der Waals surface area contributed by atoms with E-state index >= 15 is 0 Å². The maximum Gasteiger partial charge on any atom is 0.208 e. The van der Waals surface area contributed by atoms with Crippen molar-refractivity contribution in [1.82, 2.24) is 0 Å². The number of hydrogen-bond acceptors (Lipinski definition) is 2. The number of rotatable bonds is 5. The molecule has 4 rings (SSSR count). The molecule has 36 heavy (non-hydrogen) atoms. The molecule has 0 saturated heterocycles. The number of ketones is 1. The summed E-state index contributed by atoms with van der Waals surface area (Å²) in [5.74, 6) is 7.17. The lowest BCUT2D eigenvalue weighted by Crippen LogP contribution is -2.09. The van der Waals surface area contributed by atoms with Crippen molar-refractivity contribution in [3.05, 3.63) is 89.5 Å². The Kier molecular flexibility index (Phi) is 12.6. The SMILES string of the molecule is CCC(C)C(=O)C#Cc1ccc(-c2cccc(C)c2)cc1.CCCC1CCC1.Cc1ccc(O)cc1. The molecular weight excluding hydrogens is 440 g/mol. The van der Waals surface area contributed by atoms with E-state index in [1.807, 2.05) is 57.2 Å². The maximum absolute atomic E-state index is 11.7. The molecular formula is C34H42O2. The summed E-state index contributed by atoms with van der Waals surface area (Å²) in [6, 6.07) is 23.5. The quantitative estimate of drug-likeness (QED) is 0.369. The summed E-state index contributed by atoms with van der Waals surface area (Å²) in [6.07, 6.45) is 8.26. The van der Waals surface area contributed by atoms with Crippen LogP contribution in [0.2, 0.25) is 0 Å². The lowest BCUT2D eigenvalue weighted by molar-refractivity contribution is -0.116. The average Bonchev–Trinajstić information content (AvgIpc) is 2.87. The first-order chi connectivity index (χ1) is 17.3. The van der Waals surface area contributed by atoms with Crippen LogP contribution in [0.3, 0.4) is 0 Å². The van der Waals surface area contributed by atoms with Gasteiger partial charge in [-0.2, -0.15) is 0 Å². The Morgan fingerprint density at radius 2 is 1.58 bits per heavy atom. The van der Waals surface area contributed by atoms with Crippen molar-refractivity contribution in [3.63, 3.8) is 0 Å². The van der Waals surface area contributed by atoms with Crippen LogP contribution >= 0.6 is 0 Å². The third-order valence-corrected chi connectivity index (χ3v) is 6.58. The molecule has 1 aliphatic carbocycles. The molecule has 1 N–H and O–H groups in total. The van der Waals surface area contributed by atoms with Crippen molar-refractivity contribution < 1.29 is 9.90 Å². The molecule has 1 saturated carbocycles. The standard InChI is InChI=1S/C20H20O.C7H8O.C7H14/c1-4-16(3)20(21)13-10-17-8-11-18(12-9-17)19-7-5-6-15(2)14-19;1-6-2-4-7(8)5-3-6;1-2-4-7-5-3-6-7/h5-9,11-12,14,16H,4H2,1-3H3;2-5,8H,1H3;7H,2-6H2,1H3. The maximum atomic E-state index is 11.7. The molecule has 0 aromatic heterocycles. The van der Waals surface area contributed by atoms with E-state index in [2.05, 4.69) is 50.0 Å². The van der Waals surface area contributed by atoms with E-state index in [1.165, 1.54) is 48.8 Å². The van der Waals surface area contributed by atoms with Gasteiger partial charge in [0.05, 0.1) is 0 Å². The number of hydrogen-bond donors (Lipinski definition) is 1. The van der Waals surface area contributed by atoms with Gasteiger partial charge in [-0.25, -0.2) is 0 Å². The molecule has 1 aliphatic rings. The molecule has 0 bridgehead atoms. The number of aryl methyl sites for hydroxylation is 2. The fourth-order valence-corrected chi connectivity index (χ4v) is 3.75. The summed E-state index contributed by atoms with van der Waals surface area (Å²) in [7, 11) is 0. The van der Waals surface area contributed by atoms with Gasteiger partial charge in [0.25, 0.3) is 0 Å². The normalized spacial score (nSPS) is 12.9. The zero-order valence-corrected chi connectivity index (χ0v) is 22.7. The van der Waals surface area contributed by atoms with E-state index < -0.39 is 0 Å². The fourth-order valence-electron chi connectivity index (χ4n) is 3.75. The Hall–Kier alpha value is -3.31. The summed E-state index contributed by atoms with van der Waals surface area (Å²) < 4.78 is 0. The minimum atomic E-state index is 0.0141. The summed E-state index contributed by atoms with van der Waals surface area (Å²) in [5, 5.41) is 8.76.